The quantitative estimate of drug-likeness (QED) is 0.0228. The Kier molecular flexibility index (Phi) is 45.8. The van der Waals surface area contributed by atoms with E-state index in [1.165, 1.54) is 32.1 Å². The van der Waals surface area contributed by atoms with Gasteiger partial charge in [-0.25, -0.2) is 4.79 Å². The smallest absolute Gasteiger partial charge is 0.335 e. The predicted molar refractivity (Wildman–Crippen MR) is 303 cm³/mol. The fraction of sp³-hybridized carbons (Fsp3) is 0.651. The van der Waals surface area contributed by atoms with Gasteiger partial charge < -0.3 is 39.0 Å². The van der Waals surface area contributed by atoms with Crippen molar-refractivity contribution in [3.8, 4) is 0 Å². The van der Waals surface area contributed by atoms with Crippen LogP contribution >= 0.6 is 0 Å². The van der Waals surface area contributed by atoms with Crippen LogP contribution in [0.5, 0.6) is 0 Å². The number of unbranched alkanes of at least 4 members (excludes halogenated alkanes) is 15. The number of allylic oxidation sites excluding steroid dienone is 18. The number of aliphatic carboxylic acids is 1. The van der Waals surface area contributed by atoms with Crippen LogP contribution in [0.3, 0.4) is 0 Å². The lowest BCUT2D eigenvalue weighted by Crippen LogP contribution is -2.61. The van der Waals surface area contributed by atoms with Gasteiger partial charge in [-0.15, -0.1) is 0 Å². The number of carboxylic acid groups (broad SMARTS) is 1. The molecule has 0 amide bonds. The average Bonchev–Trinajstić information content (AvgIpc) is 3.39. The number of carbonyl (C=O) groups is 4. The van der Waals surface area contributed by atoms with E-state index in [0.717, 1.165) is 122 Å². The maximum Gasteiger partial charge on any atom is 0.335 e. The Bertz CT molecular complexity index is 1720. The largest absolute Gasteiger partial charge is 0.479 e. The van der Waals surface area contributed by atoms with E-state index in [1.54, 1.807) is 0 Å². The molecule has 1 fully saturated rings. The van der Waals surface area contributed by atoms with Gasteiger partial charge in [0.2, 0.25) is 0 Å². The highest BCUT2D eigenvalue weighted by Gasteiger charge is 2.50. The van der Waals surface area contributed by atoms with Gasteiger partial charge in [0, 0.05) is 19.3 Å². The Hall–Kier alpha value is -4.62. The van der Waals surface area contributed by atoms with E-state index >= 15 is 0 Å². The van der Waals surface area contributed by atoms with Crippen LogP contribution < -0.4 is 0 Å². The summed E-state index contributed by atoms with van der Waals surface area (Å²) in [7, 11) is 0. The van der Waals surface area contributed by atoms with E-state index in [1.807, 2.05) is 0 Å². The molecule has 1 aliphatic heterocycles. The number of aliphatic hydroxyl groups excluding tert-OH is 2. The molecule has 0 radical (unpaired) electrons. The molecule has 1 saturated heterocycles. The minimum Gasteiger partial charge on any atom is -0.479 e. The topological polar surface area (TPSA) is 175 Å². The van der Waals surface area contributed by atoms with E-state index in [-0.39, 0.29) is 25.9 Å². The van der Waals surface area contributed by atoms with Crippen LogP contribution in [0.2, 0.25) is 0 Å². The van der Waals surface area contributed by atoms with Crippen LogP contribution in [-0.2, 0) is 42.9 Å². The molecule has 0 aromatic rings. The third kappa shape index (κ3) is 40.3. The van der Waals surface area contributed by atoms with E-state index < -0.39 is 67.3 Å². The molecule has 0 aliphatic carbocycles. The van der Waals surface area contributed by atoms with E-state index in [2.05, 4.69) is 130 Å². The Balaban J connectivity index is 2.69. The summed E-state index contributed by atoms with van der Waals surface area (Å²) in [6.45, 7) is 5.68. The summed E-state index contributed by atoms with van der Waals surface area (Å²) in [4.78, 5) is 51.0. The number of ether oxygens (including phenoxy) is 5. The Labute approximate surface area is 453 Å². The van der Waals surface area contributed by atoms with Crippen molar-refractivity contribution in [3.05, 3.63) is 109 Å². The standard InChI is InChI=1S/C63H100O12/c1-4-7-10-13-16-19-21-23-25-27-28-30-31-33-35-38-40-43-46-49-55(64)71-52-54(73-56(65)50-47-44-41-37-18-15-12-9-6-3)53-72-63-61(59(68)58(67)60(75-63)62(69)70)74-57(66)51-48-45-42-39-36-34-32-29-26-24-22-20-17-14-11-8-5-2/h7-8,10-11,16-17,19-20,23-26,28,30,32-35,54,58-61,63,67-68H,4-6,9,12-15,18,21-22,27,29,31,36-53H2,1-3H3,(H,69,70)/b10-7-,11-8-,19-16-,20-17-,25-23-,26-24-,30-28-,34-32-,35-33-. The SMILES string of the molecule is CC/C=C\C/C=C\C/C=C\C/C=C\C/C=C\CCCCCC(=O)OCC(COC1OC(C(=O)O)C(O)C(O)C1OC(=O)CCCCCC/C=C\C/C=C\C/C=C\C/C=C\CC)OC(=O)CCCCCCCCCCC. The number of rotatable bonds is 47. The number of hydrogen-bond acceptors (Lipinski definition) is 11. The van der Waals surface area contributed by atoms with Crippen molar-refractivity contribution in [2.24, 2.45) is 0 Å². The lowest BCUT2D eigenvalue weighted by molar-refractivity contribution is -0.301. The van der Waals surface area contributed by atoms with Gasteiger partial charge in [-0.05, 0) is 103 Å². The van der Waals surface area contributed by atoms with Crippen molar-refractivity contribution in [2.75, 3.05) is 13.2 Å². The van der Waals surface area contributed by atoms with Crippen molar-refractivity contribution >= 4 is 23.9 Å². The minimum atomic E-state index is -1.92. The Morgan fingerprint density at radius 2 is 0.840 bits per heavy atom. The van der Waals surface area contributed by atoms with Gasteiger partial charge in [0.1, 0.15) is 18.8 Å². The third-order valence-corrected chi connectivity index (χ3v) is 12.3. The second-order valence-electron chi connectivity index (χ2n) is 19.2. The second kappa shape index (κ2) is 50.2. The third-order valence-electron chi connectivity index (χ3n) is 12.3. The average molecular weight is 1050 g/mol. The molecule has 6 atom stereocenters. The van der Waals surface area contributed by atoms with Crippen molar-refractivity contribution in [3.63, 3.8) is 0 Å². The first kappa shape index (κ1) is 68.4. The highest BCUT2D eigenvalue weighted by atomic mass is 16.7. The summed E-state index contributed by atoms with van der Waals surface area (Å²) in [6.07, 6.45) is 55.0. The maximum atomic E-state index is 13.1. The summed E-state index contributed by atoms with van der Waals surface area (Å²) in [5.41, 5.74) is 0. The normalized spacial score (nSPS) is 19.0. The van der Waals surface area contributed by atoms with Gasteiger partial charge in [-0.3, -0.25) is 14.4 Å². The number of aliphatic hydroxyl groups is 2. The van der Waals surface area contributed by atoms with Crippen molar-refractivity contribution in [1.29, 1.82) is 0 Å². The Morgan fingerprint density at radius 1 is 0.453 bits per heavy atom. The summed E-state index contributed by atoms with van der Waals surface area (Å²) in [5, 5.41) is 31.4. The molecule has 1 aliphatic rings. The molecule has 0 spiro atoms. The molecule has 12 nitrogen and oxygen atoms in total. The molecule has 424 valence electrons. The number of esters is 3. The van der Waals surface area contributed by atoms with Crippen LogP contribution in [0.4, 0.5) is 0 Å². The zero-order chi connectivity index (χ0) is 54.7. The Morgan fingerprint density at radius 3 is 1.29 bits per heavy atom. The van der Waals surface area contributed by atoms with Gasteiger partial charge in [0.25, 0.3) is 0 Å². The van der Waals surface area contributed by atoms with Gasteiger partial charge in [-0.2, -0.15) is 0 Å². The predicted octanol–water partition coefficient (Wildman–Crippen LogP) is 14.7. The fourth-order valence-corrected chi connectivity index (χ4v) is 7.97. The fourth-order valence-electron chi connectivity index (χ4n) is 7.97. The molecular formula is C63H100O12. The lowest BCUT2D eigenvalue weighted by Gasteiger charge is -2.40. The van der Waals surface area contributed by atoms with E-state index in [9.17, 15) is 34.5 Å². The summed E-state index contributed by atoms with van der Waals surface area (Å²) < 4.78 is 28.3. The van der Waals surface area contributed by atoms with Crippen LogP contribution in [0.15, 0.2) is 109 Å². The second-order valence-corrected chi connectivity index (χ2v) is 19.2. The first-order valence-corrected chi connectivity index (χ1v) is 28.9. The zero-order valence-electron chi connectivity index (χ0n) is 46.5. The molecule has 12 heteroatoms. The lowest BCUT2D eigenvalue weighted by atomic mass is 9.98. The molecule has 0 aromatic heterocycles. The minimum absolute atomic E-state index is 0.0246. The van der Waals surface area contributed by atoms with Crippen molar-refractivity contribution in [2.45, 2.75) is 250 Å². The van der Waals surface area contributed by atoms with Gasteiger partial charge in [-0.1, -0.05) is 201 Å². The van der Waals surface area contributed by atoms with Crippen molar-refractivity contribution in [1.82, 2.24) is 0 Å². The summed E-state index contributed by atoms with van der Waals surface area (Å²) >= 11 is 0. The molecule has 75 heavy (non-hydrogen) atoms. The number of carbonyl (C=O) groups excluding carboxylic acids is 3. The highest BCUT2D eigenvalue weighted by molar-refractivity contribution is 5.74. The first-order chi connectivity index (χ1) is 36.6. The molecule has 0 bridgehead atoms. The van der Waals surface area contributed by atoms with Crippen molar-refractivity contribution < 1.29 is 58.2 Å². The van der Waals surface area contributed by atoms with Crippen LogP contribution in [0.25, 0.3) is 0 Å². The van der Waals surface area contributed by atoms with Crippen LogP contribution in [0.1, 0.15) is 213 Å². The van der Waals surface area contributed by atoms with Gasteiger partial charge >= 0.3 is 23.9 Å². The zero-order valence-corrected chi connectivity index (χ0v) is 46.5. The number of hydrogen-bond donors (Lipinski definition) is 3. The molecule has 0 saturated carbocycles. The molecule has 0 aromatic carbocycles. The molecule has 1 rings (SSSR count). The maximum absolute atomic E-state index is 13.1. The molecular weight excluding hydrogens is 949 g/mol. The molecule has 6 unspecified atom stereocenters. The van der Waals surface area contributed by atoms with Gasteiger partial charge in [0.15, 0.2) is 24.6 Å². The number of carboxylic acids is 1. The first-order valence-electron chi connectivity index (χ1n) is 28.9. The summed E-state index contributed by atoms with van der Waals surface area (Å²) in [6, 6.07) is 0. The van der Waals surface area contributed by atoms with Crippen LogP contribution in [-0.4, -0.2) is 89.2 Å². The highest BCUT2D eigenvalue weighted by Crippen LogP contribution is 2.26. The molecule has 3 N–H and O–H groups in total. The molecule has 1 heterocycles. The van der Waals surface area contributed by atoms with Crippen LogP contribution in [0, 0.1) is 0 Å². The monoisotopic (exact) mass is 1050 g/mol. The van der Waals surface area contributed by atoms with E-state index in [0.29, 0.717) is 19.3 Å². The van der Waals surface area contributed by atoms with E-state index in [4.69, 9.17) is 23.7 Å². The van der Waals surface area contributed by atoms with Gasteiger partial charge in [0.05, 0.1) is 6.61 Å². The summed E-state index contributed by atoms with van der Waals surface area (Å²) in [5.74, 6) is -3.21.